The van der Waals surface area contributed by atoms with Gasteiger partial charge in [0.1, 0.15) is 0 Å². The molecule has 120 valence electrons. The van der Waals surface area contributed by atoms with Gasteiger partial charge in [-0.3, -0.25) is 0 Å². The lowest BCUT2D eigenvalue weighted by molar-refractivity contribution is 0.0526. The molecule has 0 radical (unpaired) electrons. The maximum absolute atomic E-state index is 11.7. The first-order valence-corrected chi connectivity index (χ1v) is 7.95. The second kappa shape index (κ2) is 8.10. The van der Waals surface area contributed by atoms with Gasteiger partial charge in [0, 0.05) is 18.8 Å². The molecular weight excluding hydrogens is 300 g/mol. The number of hydrogen-bond donors (Lipinski definition) is 2. The highest BCUT2D eigenvalue weighted by molar-refractivity contribution is 7.80. The minimum atomic E-state index is -0.309. The number of carbonyl (C=O) groups is 1. The predicted octanol–water partition coefficient (Wildman–Crippen LogP) is 2.64. The molecule has 1 aromatic rings. The minimum Gasteiger partial charge on any atom is -0.462 e. The molecule has 2 rings (SSSR count). The van der Waals surface area contributed by atoms with Gasteiger partial charge < -0.3 is 20.1 Å². The monoisotopic (exact) mass is 322 g/mol. The van der Waals surface area contributed by atoms with Gasteiger partial charge in [-0.2, -0.15) is 0 Å². The lowest BCUT2D eigenvalue weighted by atomic mass is 10.1. The molecular formula is C16H22N2O3S. The number of anilines is 1. The fourth-order valence-electron chi connectivity index (χ4n) is 2.32. The fourth-order valence-corrected chi connectivity index (χ4v) is 2.52. The summed E-state index contributed by atoms with van der Waals surface area (Å²) in [5, 5.41) is 6.86. The molecule has 6 heteroatoms. The van der Waals surface area contributed by atoms with Gasteiger partial charge in [-0.15, -0.1) is 0 Å². The van der Waals surface area contributed by atoms with Crippen molar-refractivity contribution in [1.29, 1.82) is 0 Å². The highest BCUT2D eigenvalue weighted by Crippen LogP contribution is 2.17. The molecule has 1 unspecified atom stereocenters. The Balaban J connectivity index is 1.88. The summed E-state index contributed by atoms with van der Waals surface area (Å²) in [5.41, 5.74) is 2.35. The van der Waals surface area contributed by atoms with Crippen LogP contribution in [-0.4, -0.2) is 36.9 Å². The Morgan fingerprint density at radius 1 is 1.50 bits per heavy atom. The van der Waals surface area contributed by atoms with Gasteiger partial charge in [0.05, 0.1) is 18.3 Å². The third kappa shape index (κ3) is 4.68. The summed E-state index contributed by atoms with van der Waals surface area (Å²) in [6.45, 7) is 5.63. The molecule has 1 atom stereocenters. The fraction of sp³-hybridized carbons (Fsp3) is 0.500. The molecule has 0 amide bonds. The molecule has 0 aliphatic carbocycles. The van der Waals surface area contributed by atoms with Crippen LogP contribution in [0.1, 0.15) is 35.7 Å². The number of aryl methyl sites for hydroxylation is 1. The van der Waals surface area contributed by atoms with E-state index in [4.69, 9.17) is 21.7 Å². The van der Waals surface area contributed by atoms with E-state index in [-0.39, 0.29) is 12.1 Å². The molecule has 0 saturated carbocycles. The van der Waals surface area contributed by atoms with Crippen molar-refractivity contribution in [3.63, 3.8) is 0 Å². The van der Waals surface area contributed by atoms with Crippen molar-refractivity contribution in [2.24, 2.45) is 0 Å². The van der Waals surface area contributed by atoms with E-state index >= 15 is 0 Å². The zero-order valence-electron chi connectivity index (χ0n) is 13.0. The first-order chi connectivity index (χ1) is 10.6. The first-order valence-electron chi connectivity index (χ1n) is 7.54. The van der Waals surface area contributed by atoms with Crippen LogP contribution in [0.4, 0.5) is 5.69 Å². The maximum atomic E-state index is 11.7. The molecule has 1 fully saturated rings. The van der Waals surface area contributed by atoms with Gasteiger partial charge in [0.25, 0.3) is 0 Å². The van der Waals surface area contributed by atoms with Gasteiger partial charge in [0.2, 0.25) is 0 Å². The highest BCUT2D eigenvalue weighted by Gasteiger charge is 2.15. The Labute approximate surface area is 136 Å². The topological polar surface area (TPSA) is 59.6 Å². The molecule has 1 aliphatic rings. The van der Waals surface area contributed by atoms with Crippen LogP contribution in [0.5, 0.6) is 0 Å². The Morgan fingerprint density at radius 3 is 2.95 bits per heavy atom. The van der Waals surface area contributed by atoms with Crippen LogP contribution in [0.25, 0.3) is 0 Å². The second-order valence-electron chi connectivity index (χ2n) is 5.22. The predicted molar refractivity (Wildman–Crippen MR) is 90.3 cm³/mol. The Bertz CT molecular complexity index is 542. The highest BCUT2D eigenvalue weighted by atomic mass is 32.1. The Kier molecular flexibility index (Phi) is 6.15. The van der Waals surface area contributed by atoms with Crippen molar-refractivity contribution in [3.8, 4) is 0 Å². The molecule has 1 aliphatic heterocycles. The third-order valence-corrected chi connectivity index (χ3v) is 3.75. The SMILES string of the molecule is CCOC(=O)c1ccc(NC(=S)NCC2CCCO2)c(C)c1. The van der Waals surface area contributed by atoms with E-state index < -0.39 is 0 Å². The van der Waals surface area contributed by atoms with Crippen LogP contribution < -0.4 is 10.6 Å². The zero-order chi connectivity index (χ0) is 15.9. The number of carbonyl (C=O) groups excluding carboxylic acids is 1. The Morgan fingerprint density at radius 2 is 2.32 bits per heavy atom. The van der Waals surface area contributed by atoms with E-state index in [2.05, 4.69) is 10.6 Å². The van der Waals surface area contributed by atoms with E-state index in [0.717, 1.165) is 30.7 Å². The molecule has 1 aromatic carbocycles. The molecule has 0 aromatic heterocycles. The molecule has 22 heavy (non-hydrogen) atoms. The zero-order valence-corrected chi connectivity index (χ0v) is 13.8. The third-order valence-electron chi connectivity index (χ3n) is 3.50. The summed E-state index contributed by atoms with van der Waals surface area (Å²) < 4.78 is 10.5. The first kappa shape index (κ1) is 16.7. The standard InChI is InChI=1S/C16H22N2O3S/c1-3-20-15(19)12-6-7-14(11(2)9-12)18-16(22)17-10-13-5-4-8-21-13/h6-7,9,13H,3-5,8,10H2,1-2H3,(H2,17,18,22). The summed E-state index contributed by atoms with van der Waals surface area (Å²) in [7, 11) is 0. The number of ether oxygens (including phenoxy) is 2. The van der Waals surface area contributed by atoms with Crippen LogP contribution in [0.3, 0.4) is 0 Å². The van der Waals surface area contributed by atoms with Crippen LogP contribution in [0.2, 0.25) is 0 Å². The lowest BCUT2D eigenvalue weighted by Gasteiger charge is -2.15. The molecule has 5 nitrogen and oxygen atoms in total. The van der Waals surface area contributed by atoms with Crippen molar-refractivity contribution < 1.29 is 14.3 Å². The van der Waals surface area contributed by atoms with Crippen molar-refractivity contribution in [3.05, 3.63) is 29.3 Å². The number of hydrogen-bond acceptors (Lipinski definition) is 4. The van der Waals surface area contributed by atoms with E-state index in [0.29, 0.717) is 23.8 Å². The van der Waals surface area contributed by atoms with Crippen LogP contribution >= 0.6 is 12.2 Å². The Hall–Kier alpha value is -1.66. The van der Waals surface area contributed by atoms with Crippen molar-refractivity contribution in [2.45, 2.75) is 32.8 Å². The molecule has 0 spiro atoms. The van der Waals surface area contributed by atoms with Gasteiger partial charge in [-0.05, 0) is 62.7 Å². The van der Waals surface area contributed by atoms with Crippen molar-refractivity contribution in [1.82, 2.24) is 5.32 Å². The summed E-state index contributed by atoms with van der Waals surface area (Å²) in [5.74, 6) is -0.309. The molecule has 0 bridgehead atoms. The van der Waals surface area contributed by atoms with E-state index in [9.17, 15) is 4.79 Å². The molecule has 1 heterocycles. The van der Waals surface area contributed by atoms with Crippen molar-refractivity contribution >= 4 is 29.0 Å². The second-order valence-corrected chi connectivity index (χ2v) is 5.63. The maximum Gasteiger partial charge on any atom is 0.338 e. The molecule has 1 saturated heterocycles. The smallest absolute Gasteiger partial charge is 0.338 e. The summed E-state index contributed by atoms with van der Waals surface area (Å²) >= 11 is 5.29. The van der Waals surface area contributed by atoms with E-state index in [1.165, 1.54) is 0 Å². The van der Waals surface area contributed by atoms with Crippen LogP contribution in [0.15, 0.2) is 18.2 Å². The van der Waals surface area contributed by atoms with Gasteiger partial charge in [-0.1, -0.05) is 0 Å². The largest absolute Gasteiger partial charge is 0.462 e. The normalized spacial score (nSPS) is 17.1. The molecule has 2 N–H and O–H groups in total. The minimum absolute atomic E-state index is 0.243. The number of rotatable bonds is 5. The number of nitrogens with one attached hydrogen (secondary N) is 2. The number of benzene rings is 1. The van der Waals surface area contributed by atoms with Crippen LogP contribution in [0, 0.1) is 6.92 Å². The average Bonchev–Trinajstić information content (AvgIpc) is 3.01. The average molecular weight is 322 g/mol. The number of esters is 1. The van der Waals surface area contributed by atoms with E-state index in [1.54, 1.807) is 19.1 Å². The lowest BCUT2D eigenvalue weighted by Crippen LogP contribution is -2.35. The summed E-state index contributed by atoms with van der Waals surface area (Å²) in [4.78, 5) is 11.7. The van der Waals surface area contributed by atoms with Gasteiger partial charge in [-0.25, -0.2) is 4.79 Å². The van der Waals surface area contributed by atoms with Gasteiger partial charge >= 0.3 is 5.97 Å². The van der Waals surface area contributed by atoms with E-state index in [1.807, 2.05) is 13.0 Å². The number of thiocarbonyl (C=S) groups is 1. The quantitative estimate of drug-likeness (QED) is 0.642. The van der Waals surface area contributed by atoms with Crippen LogP contribution in [-0.2, 0) is 9.47 Å². The summed E-state index contributed by atoms with van der Waals surface area (Å²) in [6, 6.07) is 5.36. The summed E-state index contributed by atoms with van der Waals surface area (Å²) in [6.07, 6.45) is 2.43. The van der Waals surface area contributed by atoms with Gasteiger partial charge in [0.15, 0.2) is 5.11 Å². The van der Waals surface area contributed by atoms with Crippen molar-refractivity contribution in [2.75, 3.05) is 25.1 Å².